The zero-order valence-corrected chi connectivity index (χ0v) is 9.84. The van der Waals surface area contributed by atoms with Crippen molar-refractivity contribution in [3.63, 3.8) is 0 Å². The molecule has 0 bridgehead atoms. The predicted octanol–water partition coefficient (Wildman–Crippen LogP) is 1.52. The first-order valence-corrected chi connectivity index (χ1v) is 5.80. The lowest BCUT2D eigenvalue weighted by atomic mass is 10.1. The van der Waals surface area contributed by atoms with Gasteiger partial charge in [-0.1, -0.05) is 0 Å². The van der Waals surface area contributed by atoms with Crippen LogP contribution in [0, 0.1) is 0 Å². The Morgan fingerprint density at radius 1 is 1.67 bits per heavy atom. The Morgan fingerprint density at radius 3 is 3.13 bits per heavy atom. The summed E-state index contributed by atoms with van der Waals surface area (Å²) >= 11 is 3.17. The molecule has 1 aliphatic rings. The minimum Gasteiger partial charge on any atom is -0.457 e. The van der Waals surface area contributed by atoms with Crippen LogP contribution < -0.4 is 10.6 Å². The van der Waals surface area contributed by atoms with Crippen molar-refractivity contribution in [2.45, 2.75) is 18.9 Å². The van der Waals surface area contributed by atoms with Gasteiger partial charge in [0.25, 0.3) is 5.91 Å². The SMILES string of the molecule is O=C(NC1CCCNC1)c1coc(Br)c1. The number of rotatable bonds is 2. The Hall–Kier alpha value is -0.810. The van der Waals surface area contributed by atoms with Crippen LogP contribution in [0.5, 0.6) is 0 Å². The normalized spacial score (nSPS) is 21.3. The van der Waals surface area contributed by atoms with E-state index in [0.717, 1.165) is 25.9 Å². The number of piperidine rings is 1. The molecule has 2 rings (SSSR count). The summed E-state index contributed by atoms with van der Waals surface area (Å²) in [5.41, 5.74) is 0.562. The van der Waals surface area contributed by atoms with Crippen molar-refractivity contribution >= 4 is 21.8 Å². The van der Waals surface area contributed by atoms with Gasteiger partial charge in [-0.05, 0) is 35.3 Å². The molecule has 1 aromatic rings. The maximum Gasteiger partial charge on any atom is 0.254 e. The van der Waals surface area contributed by atoms with E-state index in [2.05, 4.69) is 26.6 Å². The second-order valence-corrected chi connectivity index (χ2v) is 4.44. The standard InChI is InChI=1S/C10H13BrN2O2/c11-9-4-7(6-15-9)10(14)13-8-2-1-3-12-5-8/h4,6,8,12H,1-3,5H2,(H,13,14). The molecule has 1 unspecified atom stereocenters. The molecule has 1 aliphatic heterocycles. The highest BCUT2D eigenvalue weighted by molar-refractivity contribution is 9.10. The van der Waals surface area contributed by atoms with Crippen LogP contribution in [-0.4, -0.2) is 25.0 Å². The van der Waals surface area contributed by atoms with Crippen LogP contribution in [0.4, 0.5) is 0 Å². The molecule has 0 aliphatic carbocycles. The summed E-state index contributed by atoms with van der Waals surface area (Å²) in [6.07, 6.45) is 3.60. The van der Waals surface area contributed by atoms with Crippen molar-refractivity contribution in [1.29, 1.82) is 0 Å². The number of nitrogens with one attached hydrogen (secondary N) is 2. The molecule has 1 amide bonds. The molecule has 1 aromatic heterocycles. The monoisotopic (exact) mass is 272 g/mol. The number of hydrogen-bond acceptors (Lipinski definition) is 3. The van der Waals surface area contributed by atoms with Gasteiger partial charge >= 0.3 is 0 Å². The van der Waals surface area contributed by atoms with Gasteiger partial charge in [0, 0.05) is 18.7 Å². The van der Waals surface area contributed by atoms with Crippen LogP contribution in [0.2, 0.25) is 0 Å². The highest BCUT2D eigenvalue weighted by Crippen LogP contribution is 2.14. The molecule has 82 valence electrons. The predicted molar refractivity (Wildman–Crippen MR) is 59.8 cm³/mol. The smallest absolute Gasteiger partial charge is 0.254 e. The van der Waals surface area contributed by atoms with E-state index in [9.17, 15) is 4.79 Å². The summed E-state index contributed by atoms with van der Waals surface area (Å²) < 4.78 is 5.59. The van der Waals surface area contributed by atoms with E-state index in [-0.39, 0.29) is 11.9 Å². The Balaban J connectivity index is 1.91. The van der Waals surface area contributed by atoms with Crippen molar-refractivity contribution in [3.05, 3.63) is 22.6 Å². The van der Waals surface area contributed by atoms with E-state index < -0.39 is 0 Å². The molecule has 5 heteroatoms. The average Bonchev–Trinajstić information content (AvgIpc) is 2.66. The zero-order chi connectivity index (χ0) is 10.7. The van der Waals surface area contributed by atoms with E-state index >= 15 is 0 Å². The van der Waals surface area contributed by atoms with Crippen LogP contribution >= 0.6 is 15.9 Å². The molecule has 2 heterocycles. The van der Waals surface area contributed by atoms with Crippen molar-refractivity contribution in [1.82, 2.24) is 10.6 Å². The van der Waals surface area contributed by atoms with Crippen LogP contribution in [0.3, 0.4) is 0 Å². The highest BCUT2D eigenvalue weighted by Gasteiger charge is 2.17. The molecule has 2 N–H and O–H groups in total. The summed E-state index contributed by atoms with van der Waals surface area (Å²) in [6, 6.07) is 1.91. The van der Waals surface area contributed by atoms with Gasteiger partial charge in [0.05, 0.1) is 5.56 Å². The van der Waals surface area contributed by atoms with Crippen LogP contribution in [0.25, 0.3) is 0 Å². The fourth-order valence-corrected chi connectivity index (χ4v) is 2.01. The first kappa shape index (κ1) is 10.7. The maximum absolute atomic E-state index is 11.7. The van der Waals surface area contributed by atoms with Gasteiger partial charge in [-0.15, -0.1) is 0 Å². The van der Waals surface area contributed by atoms with Crippen molar-refractivity contribution < 1.29 is 9.21 Å². The largest absolute Gasteiger partial charge is 0.457 e. The minimum absolute atomic E-state index is 0.0712. The van der Waals surface area contributed by atoms with Gasteiger partial charge in [0.2, 0.25) is 0 Å². The molecule has 1 atom stereocenters. The third kappa shape index (κ3) is 2.82. The fourth-order valence-electron chi connectivity index (χ4n) is 1.67. The zero-order valence-electron chi connectivity index (χ0n) is 8.25. The Labute approximate surface area is 96.5 Å². The van der Waals surface area contributed by atoms with Gasteiger partial charge < -0.3 is 15.1 Å². The summed E-state index contributed by atoms with van der Waals surface area (Å²) in [6.45, 7) is 1.90. The summed E-state index contributed by atoms with van der Waals surface area (Å²) in [5, 5.41) is 6.22. The second-order valence-electron chi connectivity index (χ2n) is 3.66. The van der Waals surface area contributed by atoms with E-state index in [4.69, 9.17) is 4.42 Å². The van der Waals surface area contributed by atoms with Gasteiger partial charge in [-0.3, -0.25) is 4.79 Å². The molecule has 0 radical (unpaired) electrons. The van der Waals surface area contributed by atoms with Crippen molar-refractivity contribution in [2.24, 2.45) is 0 Å². The topological polar surface area (TPSA) is 54.3 Å². The molecular weight excluding hydrogens is 260 g/mol. The molecular formula is C10H13BrN2O2. The van der Waals surface area contributed by atoms with Crippen molar-refractivity contribution in [2.75, 3.05) is 13.1 Å². The lowest BCUT2D eigenvalue weighted by Crippen LogP contribution is -2.45. The highest BCUT2D eigenvalue weighted by atomic mass is 79.9. The molecule has 1 fully saturated rings. The van der Waals surface area contributed by atoms with E-state index in [1.165, 1.54) is 6.26 Å². The molecule has 0 saturated carbocycles. The summed E-state index contributed by atoms with van der Waals surface area (Å²) in [7, 11) is 0. The third-order valence-corrected chi connectivity index (χ3v) is 2.88. The maximum atomic E-state index is 11.7. The van der Waals surface area contributed by atoms with Crippen LogP contribution in [0.15, 0.2) is 21.4 Å². The lowest BCUT2D eigenvalue weighted by molar-refractivity contribution is 0.0930. The molecule has 1 saturated heterocycles. The number of hydrogen-bond donors (Lipinski definition) is 2. The van der Waals surface area contributed by atoms with Gasteiger partial charge in [-0.25, -0.2) is 0 Å². The molecule has 0 spiro atoms. The van der Waals surface area contributed by atoms with Gasteiger partial charge in [-0.2, -0.15) is 0 Å². The Bertz CT molecular complexity index is 345. The average molecular weight is 273 g/mol. The number of carbonyl (C=O) groups excluding carboxylic acids is 1. The van der Waals surface area contributed by atoms with E-state index in [0.29, 0.717) is 10.2 Å². The second kappa shape index (κ2) is 4.81. The van der Waals surface area contributed by atoms with Crippen LogP contribution in [-0.2, 0) is 0 Å². The number of carbonyl (C=O) groups is 1. The van der Waals surface area contributed by atoms with Gasteiger partial charge in [0.1, 0.15) is 6.26 Å². The molecule has 15 heavy (non-hydrogen) atoms. The number of amides is 1. The first-order chi connectivity index (χ1) is 7.25. The van der Waals surface area contributed by atoms with Crippen molar-refractivity contribution in [3.8, 4) is 0 Å². The molecule has 0 aromatic carbocycles. The van der Waals surface area contributed by atoms with Crippen LogP contribution in [0.1, 0.15) is 23.2 Å². The third-order valence-electron chi connectivity index (χ3n) is 2.46. The van der Waals surface area contributed by atoms with Gasteiger partial charge in [0.15, 0.2) is 4.67 Å². The van der Waals surface area contributed by atoms with E-state index in [1.807, 2.05) is 0 Å². The fraction of sp³-hybridized carbons (Fsp3) is 0.500. The number of halogens is 1. The summed E-state index contributed by atoms with van der Waals surface area (Å²) in [4.78, 5) is 11.7. The molecule has 4 nitrogen and oxygen atoms in total. The Morgan fingerprint density at radius 2 is 2.53 bits per heavy atom. The summed E-state index contributed by atoms with van der Waals surface area (Å²) in [5.74, 6) is -0.0712. The quantitative estimate of drug-likeness (QED) is 0.859. The Kier molecular flexibility index (Phi) is 3.43. The lowest BCUT2D eigenvalue weighted by Gasteiger charge is -2.23. The first-order valence-electron chi connectivity index (χ1n) is 5.01. The number of furan rings is 1. The minimum atomic E-state index is -0.0712. The van der Waals surface area contributed by atoms with E-state index in [1.54, 1.807) is 6.07 Å².